The molecule has 2 aromatic carbocycles. The number of rotatable bonds is 7. The molecule has 1 saturated heterocycles. The van der Waals surface area contributed by atoms with E-state index in [1.165, 1.54) is 7.11 Å². The van der Waals surface area contributed by atoms with Crippen LogP contribution in [0.4, 0.5) is 0 Å². The van der Waals surface area contributed by atoms with Gasteiger partial charge in [0.05, 0.1) is 19.8 Å². The third kappa shape index (κ3) is 5.21. The predicted octanol–water partition coefficient (Wildman–Crippen LogP) is 4.69. The minimum atomic E-state index is -0.467. The highest BCUT2D eigenvalue weighted by molar-refractivity contribution is 5.69. The van der Waals surface area contributed by atoms with Gasteiger partial charge in [-0.15, -0.1) is 0 Å². The largest absolute Gasteiger partial charge is 0.508 e. The second-order valence-electron chi connectivity index (χ2n) is 6.77. The number of hydrogen-bond donors (Lipinski definition) is 1. The summed E-state index contributed by atoms with van der Waals surface area (Å²) in [6.45, 7) is 0.514. The number of ether oxygens (including phenoxy) is 3. The van der Waals surface area contributed by atoms with Gasteiger partial charge in [0.15, 0.2) is 6.29 Å². The summed E-state index contributed by atoms with van der Waals surface area (Å²) < 4.78 is 16.9. The van der Waals surface area contributed by atoms with Crippen LogP contribution < -0.4 is 0 Å². The first-order chi connectivity index (χ1) is 13.7. The molecular formula is C23H26O5. The molecule has 1 N–H and O–H groups in total. The maximum Gasteiger partial charge on any atom is 0.305 e. The molecule has 1 unspecified atom stereocenters. The van der Waals surface area contributed by atoms with Gasteiger partial charge in [-0.3, -0.25) is 4.79 Å². The van der Waals surface area contributed by atoms with Crippen molar-refractivity contribution in [2.75, 3.05) is 13.7 Å². The van der Waals surface area contributed by atoms with Gasteiger partial charge in [0.2, 0.25) is 0 Å². The maximum absolute atomic E-state index is 11.2. The van der Waals surface area contributed by atoms with Crippen LogP contribution in [0.1, 0.15) is 42.8 Å². The molecule has 5 nitrogen and oxygen atoms in total. The third-order valence-corrected chi connectivity index (χ3v) is 4.82. The molecule has 0 aliphatic carbocycles. The number of carbonyl (C=O) groups excluding carboxylic acids is 1. The lowest BCUT2D eigenvalue weighted by Crippen LogP contribution is -2.30. The molecule has 1 aliphatic heterocycles. The molecule has 5 heteroatoms. The fourth-order valence-electron chi connectivity index (χ4n) is 3.31. The number of phenolic OH excluding ortho intramolecular Hbond substituents is 1. The van der Waals surface area contributed by atoms with Crippen molar-refractivity contribution in [3.05, 3.63) is 77.9 Å². The number of carbonyl (C=O) groups is 1. The average molecular weight is 382 g/mol. The molecule has 3 atom stereocenters. The summed E-state index contributed by atoms with van der Waals surface area (Å²) in [4.78, 5) is 11.2. The summed E-state index contributed by atoms with van der Waals surface area (Å²) in [5, 5.41) is 10.3. The smallest absolute Gasteiger partial charge is 0.305 e. The summed E-state index contributed by atoms with van der Waals surface area (Å²) in [7, 11) is 1.39. The lowest BCUT2D eigenvalue weighted by Gasteiger charge is -2.37. The number of methoxy groups -OCH3 is 1. The quantitative estimate of drug-likeness (QED) is 0.556. The highest BCUT2D eigenvalue weighted by Gasteiger charge is 2.34. The van der Waals surface area contributed by atoms with Crippen molar-refractivity contribution >= 4 is 5.97 Å². The van der Waals surface area contributed by atoms with Crippen molar-refractivity contribution in [3.8, 4) is 5.75 Å². The number of para-hydroxylation sites is 1. The lowest BCUT2D eigenvalue weighted by molar-refractivity contribution is -0.244. The lowest BCUT2D eigenvalue weighted by atomic mass is 9.91. The van der Waals surface area contributed by atoms with E-state index in [0.717, 1.165) is 17.5 Å². The molecule has 0 amide bonds. The standard InChI is InChI=1S/C23H26O5/c1-26-21(25)15-7-3-6-12-18-16-27-23(17-10-4-2-5-11-17)28-22(18)19-13-8-9-14-20(19)24/h2-6,8-11,13-14,18,22-24H,7,12,15-16H2,1H3/t18-,22+,23?/m1/s1. The molecule has 1 fully saturated rings. The molecule has 0 bridgehead atoms. The molecule has 0 saturated carbocycles. The summed E-state index contributed by atoms with van der Waals surface area (Å²) >= 11 is 0. The number of hydrogen-bond acceptors (Lipinski definition) is 5. The Morgan fingerprint density at radius 1 is 1.14 bits per heavy atom. The van der Waals surface area contributed by atoms with Crippen LogP contribution in [0.25, 0.3) is 0 Å². The maximum atomic E-state index is 11.2. The van der Waals surface area contributed by atoms with Crippen molar-refractivity contribution < 1.29 is 24.1 Å². The first kappa shape index (κ1) is 20.1. The zero-order chi connectivity index (χ0) is 19.8. The van der Waals surface area contributed by atoms with Crippen LogP contribution in [0.5, 0.6) is 5.75 Å². The van der Waals surface area contributed by atoms with E-state index >= 15 is 0 Å². The van der Waals surface area contributed by atoms with Crippen LogP contribution in [0.2, 0.25) is 0 Å². The zero-order valence-corrected chi connectivity index (χ0v) is 16.0. The molecule has 0 radical (unpaired) electrons. The van der Waals surface area contributed by atoms with Gasteiger partial charge in [-0.2, -0.15) is 0 Å². The van der Waals surface area contributed by atoms with Crippen molar-refractivity contribution in [1.29, 1.82) is 0 Å². The number of benzene rings is 2. The predicted molar refractivity (Wildman–Crippen MR) is 106 cm³/mol. The van der Waals surface area contributed by atoms with Crippen LogP contribution in [0.3, 0.4) is 0 Å². The Morgan fingerprint density at radius 3 is 2.64 bits per heavy atom. The van der Waals surface area contributed by atoms with E-state index in [0.29, 0.717) is 19.4 Å². The van der Waals surface area contributed by atoms with Crippen LogP contribution >= 0.6 is 0 Å². The Labute approximate surface area is 165 Å². The highest BCUT2D eigenvalue weighted by Crippen LogP contribution is 2.42. The van der Waals surface area contributed by atoms with Gasteiger partial charge >= 0.3 is 5.97 Å². The molecule has 3 rings (SSSR count). The summed E-state index contributed by atoms with van der Waals surface area (Å²) in [6, 6.07) is 17.1. The Kier molecular flexibility index (Phi) is 7.23. The Morgan fingerprint density at radius 2 is 1.89 bits per heavy atom. The number of phenols is 1. The zero-order valence-electron chi connectivity index (χ0n) is 16.0. The topological polar surface area (TPSA) is 65.0 Å². The van der Waals surface area contributed by atoms with E-state index in [1.807, 2.05) is 54.6 Å². The second kappa shape index (κ2) is 10.1. The van der Waals surface area contributed by atoms with Gasteiger partial charge in [-0.25, -0.2) is 0 Å². The monoisotopic (exact) mass is 382 g/mol. The van der Waals surface area contributed by atoms with Crippen molar-refractivity contribution in [2.45, 2.75) is 31.7 Å². The van der Waals surface area contributed by atoms with Gasteiger partial charge < -0.3 is 19.3 Å². The van der Waals surface area contributed by atoms with Gasteiger partial charge in [0, 0.05) is 23.5 Å². The minimum Gasteiger partial charge on any atom is -0.508 e. The van der Waals surface area contributed by atoms with Gasteiger partial charge in [0.1, 0.15) is 5.75 Å². The van der Waals surface area contributed by atoms with Crippen molar-refractivity contribution in [2.24, 2.45) is 5.92 Å². The average Bonchev–Trinajstić information content (AvgIpc) is 2.74. The van der Waals surface area contributed by atoms with Gasteiger partial charge in [-0.1, -0.05) is 60.7 Å². The number of allylic oxidation sites excluding steroid dienone is 2. The molecule has 28 heavy (non-hydrogen) atoms. The first-order valence-electron chi connectivity index (χ1n) is 9.50. The van der Waals surface area contributed by atoms with E-state index in [1.54, 1.807) is 12.1 Å². The number of esters is 1. The second-order valence-corrected chi connectivity index (χ2v) is 6.77. The van der Waals surface area contributed by atoms with E-state index in [4.69, 9.17) is 9.47 Å². The van der Waals surface area contributed by atoms with Gasteiger partial charge in [-0.05, 0) is 18.9 Å². The summed E-state index contributed by atoms with van der Waals surface area (Å²) in [5.74, 6) is 0.0651. The van der Waals surface area contributed by atoms with Crippen molar-refractivity contribution in [1.82, 2.24) is 0 Å². The van der Waals surface area contributed by atoms with Gasteiger partial charge in [0.25, 0.3) is 0 Å². The third-order valence-electron chi connectivity index (χ3n) is 4.82. The van der Waals surface area contributed by atoms with E-state index < -0.39 is 6.29 Å². The molecule has 1 heterocycles. The fourth-order valence-corrected chi connectivity index (χ4v) is 3.31. The SMILES string of the molecule is COC(=O)CCC=CC[C@@H]1COC(c2ccccc2)O[C@@H]1c1ccccc1O. The Hall–Kier alpha value is -2.63. The Balaban J connectivity index is 1.71. The van der Waals surface area contributed by atoms with Crippen LogP contribution in [-0.4, -0.2) is 24.8 Å². The van der Waals surface area contributed by atoms with Crippen molar-refractivity contribution in [3.63, 3.8) is 0 Å². The first-order valence-corrected chi connectivity index (χ1v) is 9.50. The highest BCUT2D eigenvalue weighted by atomic mass is 16.7. The van der Waals surface area contributed by atoms with Crippen LogP contribution in [0, 0.1) is 5.92 Å². The van der Waals surface area contributed by atoms with E-state index in [9.17, 15) is 9.90 Å². The molecular weight excluding hydrogens is 356 g/mol. The molecule has 1 aliphatic rings. The fraction of sp³-hybridized carbons (Fsp3) is 0.348. The van der Waals surface area contributed by atoms with E-state index in [2.05, 4.69) is 4.74 Å². The molecule has 2 aromatic rings. The molecule has 0 spiro atoms. The minimum absolute atomic E-state index is 0.0580. The Bertz CT molecular complexity index is 787. The normalized spacial score (nSPS) is 22.2. The molecule has 0 aromatic heterocycles. The molecule has 148 valence electrons. The van der Waals surface area contributed by atoms with Crippen LogP contribution in [-0.2, 0) is 19.0 Å². The van der Waals surface area contributed by atoms with Crippen LogP contribution in [0.15, 0.2) is 66.7 Å². The summed E-state index contributed by atoms with van der Waals surface area (Å²) in [6.07, 6.45) is 4.98. The van der Waals surface area contributed by atoms with E-state index in [-0.39, 0.29) is 23.7 Å². The number of aromatic hydroxyl groups is 1. The summed E-state index contributed by atoms with van der Waals surface area (Å²) in [5.41, 5.74) is 1.72.